The van der Waals surface area contributed by atoms with Crippen LogP contribution in [0.1, 0.15) is 27.0 Å². The van der Waals surface area contributed by atoms with Gasteiger partial charge < -0.3 is 4.74 Å². The Morgan fingerprint density at radius 2 is 1.84 bits per heavy atom. The van der Waals surface area contributed by atoms with Gasteiger partial charge in [0.2, 0.25) is 0 Å². The van der Waals surface area contributed by atoms with Crippen molar-refractivity contribution in [1.29, 1.82) is 5.26 Å². The summed E-state index contributed by atoms with van der Waals surface area (Å²) in [6.07, 6.45) is 0.610. The Kier molecular flexibility index (Phi) is 5.68. The third-order valence-corrected chi connectivity index (χ3v) is 7.33. The van der Waals surface area contributed by atoms with Gasteiger partial charge in [0.05, 0.1) is 27.9 Å². The van der Waals surface area contributed by atoms with E-state index in [0.717, 1.165) is 5.56 Å². The first-order valence-electron chi connectivity index (χ1n) is 9.46. The van der Waals surface area contributed by atoms with E-state index in [4.69, 9.17) is 21.6 Å². The number of rotatable bonds is 5. The zero-order valence-corrected chi connectivity index (χ0v) is 17.9. The number of hydrogen-bond donors (Lipinski definition) is 0. The van der Waals surface area contributed by atoms with Gasteiger partial charge in [0.15, 0.2) is 0 Å². The summed E-state index contributed by atoms with van der Waals surface area (Å²) in [6, 6.07) is 20.0. The van der Waals surface area contributed by atoms with Gasteiger partial charge >= 0.3 is 5.97 Å². The van der Waals surface area contributed by atoms with Crippen molar-refractivity contribution in [3.8, 4) is 6.07 Å². The van der Waals surface area contributed by atoms with Crippen molar-refractivity contribution in [3.63, 3.8) is 0 Å². The topological polar surface area (TPSA) is 87.5 Å². The predicted molar refractivity (Wildman–Crippen MR) is 116 cm³/mol. The molecule has 0 aromatic heterocycles. The van der Waals surface area contributed by atoms with Gasteiger partial charge in [-0.2, -0.15) is 5.26 Å². The Hall–Kier alpha value is -3.34. The molecule has 8 heteroatoms. The molecule has 0 spiro atoms. The fourth-order valence-electron chi connectivity index (χ4n) is 3.41. The molecule has 3 aromatic rings. The molecular weight excluding hydrogens is 436 g/mol. The zero-order valence-electron chi connectivity index (χ0n) is 16.3. The van der Waals surface area contributed by atoms with Crippen LogP contribution in [0, 0.1) is 11.3 Å². The Morgan fingerprint density at radius 1 is 1.10 bits per heavy atom. The van der Waals surface area contributed by atoms with Crippen molar-refractivity contribution in [1.82, 2.24) is 0 Å². The molecule has 0 N–H and O–H groups in total. The number of carbonyl (C=O) groups is 1. The summed E-state index contributed by atoms with van der Waals surface area (Å²) in [4.78, 5) is 12.4. The lowest BCUT2D eigenvalue weighted by Crippen LogP contribution is -2.29. The Morgan fingerprint density at radius 3 is 2.58 bits per heavy atom. The average Bonchev–Trinajstić information content (AvgIpc) is 3.23. The molecule has 31 heavy (non-hydrogen) atoms. The largest absolute Gasteiger partial charge is 0.457 e. The number of sulfonamides is 1. The van der Waals surface area contributed by atoms with Crippen LogP contribution in [-0.4, -0.2) is 20.9 Å². The molecule has 0 saturated carbocycles. The molecule has 0 fully saturated rings. The molecule has 0 atom stereocenters. The normalized spacial score (nSPS) is 12.8. The quantitative estimate of drug-likeness (QED) is 0.538. The van der Waals surface area contributed by atoms with Crippen molar-refractivity contribution < 1.29 is 17.9 Å². The lowest BCUT2D eigenvalue weighted by atomic mass is 10.1. The number of fused-ring (bicyclic) bond motifs is 1. The van der Waals surface area contributed by atoms with E-state index < -0.39 is 16.0 Å². The number of nitriles is 1. The molecular formula is C23H17ClN2O4S. The molecule has 0 saturated heterocycles. The van der Waals surface area contributed by atoms with Crippen LogP contribution >= 0.6 is 11.6 Å². The molecule has 0 bridgehead atoms. The van der Waals surface area contributed by atoms with E-state index in [1.165, 1.54) is 22.5 Å². The van der Waals surface area contributed by atoms with Gasteiger partial charge in [-0.15, -0.1) is 0 Å². The second-order valence-electron chi connectivity index (χ2n) is 6.99. The number of ether oxygens (including phenoxy) is 1. The highest BCUT2D eigenvalue weighted by Gasteiger charge is 2.32. The van der Waals surface area contributed by atoms with E-state index in [1.807, 2.05) is 18.2 Å². The fraction of sp³-hybridized carbons (Fsp3) is 0.130. The lowest BCUT2D eigenvalue weighted by Gasteiger charge is -2.20. The number of benzene rings is 3. The fourth-order valence-corrected chi connectivity index (χ4v) is 5.42. The first-order valence-corrected chi connectivity index (χ1v) is 11.3. The third-order valence-electron chi connectivity index (χ3n) is 5.03. The highest BCUT2D eigenvalue weighted by Crippen LogP contribution is 2.35. The number of esters is 1. The molecule has 1 aliphatic heterocycles. The minimum Gasteiger partial charge on any atom is -0.457 e. The lowest BCUT2D eigenvalue weighted by molar-refractivity contribution is 0.0472. The predicted octanol–water partition coefficient (Wildman–Crippen LogP) is 4.32. The van der Waals surface area contributed by atoms with Gasteiger partial charge in [-0.05, 0) is 53.9 Å². The molecule has 0 aliphatic carbocycles. The monoisotopic (exact) mass is 452 g/mol. The van der Waals surface area contributed by atoms with E-state index in [-0.39, 0.29) is 22.1 Å². The summed E-state index contributed by atoms with van der Waals surface area (Å²) < 4.78 is 33.2. The van der Waals surface area contributed by atoms with E-state index in [9.17, 15) is 13.2 Å². The third kappa shape index (κ3) is 4.13. The first kappa shape index (κ1) is 20.9. The summed E-state index contributed by atoms with van der Waals surface area (Å²) in [7, 11) is -3.95. The SMILES string of the molecule is N#Cc1ccc(COC(=O)c2ccc(Cl)c(S(=O)(=O)N3CCc4ccccc43)c2)cc1. The van der Waals surface area contributed by atoms with Crippen molar-refractivity contribution in [3.05, 3.63) is 94.0 Å². The van der Waals surface area contributed by atoms with E-state index in [1.54, 1.807) is 36.4 Å². The molecule has 1 aliphatic rings. The van der Waals surface area contributed by atoms with Crippen LogP contribution in [0.15, 0.2) is 71.6 Å². The molecule has 0 amide bonds. The van der Waals surface area contributed by atoms with Crippen LogP contribution in [0.5, 0.6) is 0 Å². The zero-order chi connectivity index (χ0) is 22.0. The molecule has 0 radical (unpaired) electrons. The average molecular weight is 453 g/mol. The van der Waals surface area contributed by atoms with Gasteiger partial charge in [0, 0.05) is 6.54 Å². The number of halogens is 1. The van der Waals surface area contributed by atoms with E-state index >= 15 is 0 Å². The number of carbonyl (C=O) groups excluding carboxylic acids is 1. The molecule has 1 heterocycles. The smallest absolute Gasteiger partial charge is 0.338 e. The molecule has 4 rings (SSSR count). The van der Waals surface area contributed by atoms with Gasteiger partial charge in [0.1, 0.15) is 11.5 Å². The van der Waals surface area contributed by atoms with Crippen molar-refractivity contribution in [2.24, 2.45) is 0 Å². The van der Waals surface area contributed by atoms with E-state index in [2.05, 4.69) is 0 Å². The first-order chi connectivity index (χ1) is 14.9. The van der Waals surface area contributed by atoms with Gasteiger partial charge in [-0.3, -0.25) is 4.31 Å². The Bertz CT molecular complexity index is 1300. The number of hydrogen-bond acceptors (Lipinski definition) is 5. The molecule has 6 nitrogen and oxygen atoms in total. The summed E-state index contributed by atoms with van der Waals surface area (Å²) in [5, 5.41) is 8.88. The maximum Gasteiger partial charge on any atom is 0.338 e. The second-order valence-corrected chi connectivity index (χ2v) is 9.22. The number of anilines is 1. The van der Waals surface area contributed by atoms with Crippen molar-refractivity contribution >= 4 is 33.3 Å². The maximum absolute atomic E-state index is 13.3. The van der Waals surface area contributed by atoms with Crippen LogP contribution in [-0.2, 0) is 27.8 Å². The standard InChI is InChI=1S/C23H17ClN2O4S/c24-20-10-9-19(23(27)30-15-17-7-5-16(14-25)6-8-17)13-22(20)31(28,29)26-12-11-18-3-1-2-4-21(18)26/h1-10,13H,11-12,15H2. The number of nitrogens with zero attached hydrogens (tertiary/aromatic N) is 2. The Labute approximate surface area is 185 Å². The van der Waals surface area contributed by atoms with Gasteiger partial charge in [-0.25, -0.2) is 13.2 Å². The van der Waals surface area contributed by atoms with Crippen molar-refractivity contribution in [2.45, 2.75) is 17.9 Å². The highest BCUT2D eigenvalue weighted by atomic mass is 35.5. The summed E-state index contributed by atoms with van der Waals surface area (Å²) in [5.41, 5.74) is 2.87. The maximum atomic E-state index is 13.3. The summed E-state index contributed by atoms with van der Waals surface area (Å²) >= 11 is 6.21. The second kappa shape index (κ2) is 8.42. The minimum atomic E-state index is -3.95. The minimum absolute atomic E-state index is 0.00521. The number of para-hydroxylation sites is 1. The van der Waals surface area contributed by atoms with Crippen molar-refractivity contribution in [2.75, 3.05) is 10.8 Å². The van der Waals surface area contributed by atoms with Gasteiger partial charge in [0.25, 0.3) is 10.0 Å². The van der Waals surface area contributed by atoms with Crippen LogP contribution in [0.4, 0.5) is 5.69 Å². The van der Waals surface area contributed by atoms with Gasteiger partial charge in [-0.1, -0.05) is 41.9 Å². The Balaban J connectivity index is 1.57. The highest BCUT2D eigenvalue weighted by molar-refractivity contribution is 7.93. The molecule has 156 valence electrons. The van der Waals surface area contributed by atoms with Crippen LogP contribution in [0.25, 0.3) is 0 Å². The summed E-state index contributed by atoms with van der Waals surface area (Å²) in [5.74, 6) is -0.667. The summed E-state index contributed by atoms with van der Waals surface area (Å²) in [6.45, 7) is 0.306. The van der Waals surface area contributed by atoms with Crippen LogP contribution in [0.3, 0.4) is 0 Å². The van der Waals surface area contributed by atoms with Crippen LogP contribution < -0.4 is 4.31 Å². The molecule has 3 aromatic carbocycles. The van der Waals surface area contributed by atoms with E-state index in [0.29, 0.717) is 29.8 Å². The van der Waals surface area contributed by atoms with Crippen LogP contribution in [0.2, 0.25) is 5.02 Å². The molecule has 0 unspecified atom stereocenters.